The number of carboxylic acids is 1. The minimum absolute atomic E-state index is 0.775. The number of nitrogens with zero attached hydrogens (tertiary/aromatic N) is 1. The molecule has 0 spiro atoms. The fraction of sp³-hybridized carbons (Fsp3) is 0.111. The Kier molecular flexibility index (Phi) is 4.38. The molecule has 0 atom stereocenters. The largest absolute Gasteiger partial charge is 0.490 e. The molecule has 9 heteroatoms. The van der Waals surface area contributed by atoms with Crippen molar-refractivity contribution in [3.63, 3.8) is 0 Å². The second kappa shape index (κ2) is 5.42. The summed E-state index contributed by atoms with van der Waals surface area (Å²) in [6.45, 7) is 0. The minimum Gasteiger partial charge on any atom is -0.475 e. The van der Waals surface area contributed by atoms with Gasteiger partial charge in [0.1, 0.15) is 3.70 Å². The molecule has 2 aromatic rings. The first-order valence-corrected chi connectivity index (χ1v) is 5.49. The summed E-state index contributed by atoms with van der Waals surface area (Å²) in [5.74, 6) is -2.76. The minimum atomic E-state index is -5.08. The van der Waals surface area contributed by atoms with Crippen LogP contribution in [0.3, 0.4) is 0 Å². The maximum absolute atomic E-state index is 10.6. The summed E-state index contributed by atoms with van der Waals surface area (Å²) >= 11 is 2.20. The summed E-state index contributed by atoms with van der Waals surface area (Å²) in [4.78, 5) is 8.90. The number of nitrogens with two attached hydrogens (primary N) is 1. The van der Waals surface area contributed by atoms with Crippen LogP contribution in [0.1, 0.15) is 0 Å². The summed E-state index contributed by atoms with van der Waals surface area (Å²) < 4.78 is 32.8. The molecule has 0 aliphatic carbocycles. The number of benzene rings is 1. The summed E-state index contributed by atoms with van der Waals surface area (Å²) in [5, 5.41) is 15.2. The molecule has 0 aliphatic rings. The van der Waals surface area contributed by atoms with E-state index < -0.39 is 12.1 Å². The summed E-state index contributed by atoms with van der Waals surface area (Å²) in [7, 11) is 0. The maximum Gasteiger partial charge on any atom is 0.490 e. The van der Waals surface area contributed by atoms with Crippen LogP contribution in [0.2, 0.25) is 0 Å². The first-order valence-electron chi connectivity index (χ1n) is 4.41. The Balaban J connectivity index is 0.000000203. The van der Waals surface area contributed by atoms with Crippen LogP contribution in [-0.2, 0) is 4.79 Å². The van der Waals surface area contributed by atoms with Crippen LogP contribution in [0.5, 0.6) is 0 Å². The average Bonchev–Trinajstić information content (AvgIpc) is 2.60. The molecule has 5 nitrogen and oxygen atoms in total. The molecule has 0 amide bonds. The molecule has 0 bridgehead atoms. The van der Waals surface area contributed by atoms with Gasteiger partial charge in [0.05, 0.1) is 5.52 Å². The third kappa shape index (κ3) is 3.75. The van der Waals surface area contributed by atoms with Gasteiger partial charge < -0.3 is 10.8 Å². The lowest BCUT2D eigenvalue weighted by molar-refractivity contribution is -0.192. The number of nitrogens with one attached hydrogen (secondary N) is 1. The summed E-state index contributed by atoms with van der Waals surface area (Å²) in [5.41, 5.74) is 7.34. The molecule has 0 aliphatic heterocycles. The van der Waals surface area contributed by atoms with E-state index >= 15 is 0 Å². The van der Waals surface area contributed by atoms with Crippen molar-refractivity contribution in [3.05, 3.63) is 21.9 Å². The Morgan fingerprint density at radius 2 is 2.00 bits per heavy atom. The van der Waals surface area contributed by atoms with Crippen LogP contribution in [0, 0.1) is 3.70 Å². The number of anilines is 1. The van der Waals surface area contributed by atoms with Gasteiger partial charge in [-0.3, -0.25) is 5.10 Å². The molecule has 1 aromatic heterocycles. The number of halogens is 4. The highest BCUT2D eigenvalue weighted by molar-refractivity contribution is 14.1. The molecule has 0 fully saturated rings. The summed E-state index contributed by atoms with van der Waals surface area (Å²) in [6, 6.07) is 5.67. The molecule has 0 saturated heterocycles. The van der Waals surface area contributed by atoms with Gasteiger partial charge in [0, 0.05) is 11.1 Å². The van der Waals surface area contributed by atoms with Gasteiger partial charge in [-0.05, 0) is 40.8 Å². The van der Waals surface area contributed by atoms with Crippen LogP contribution >= 0.6 is 22.6 Å². The van der Waals surface area contributed by atoms with Gasteiger partial charge in [0.2, 0.25) is 0 Å². The van der Waals surface area contributed by atoms with E-state index in [1.54, 1.807) is 0 Å². The first kappa shape index (κ1) is 14.5. The smallest absolute Gasteiger partial charge is 0.475 e. The number of nitrogen functional groups attached to an aromatic ring is 1. The number of aromatic amines is 1. The van der Waals surface area contributed by atoms with Crippen molar-refractivity contribution < 1.29 is 23.1 Å². The molecular weight excluding hydrogens is 366 g/mol. The number of rotatable bonds is 0. The SMILES string of the molecule is Nc1ccc2n[nH]c(I)c2c1.O=C(O)C(F)(F)F. The van der Waals surface area contributed by atoms with E-state index in [4.69, 9.17) is 15.6 Å². The zero-order valence-electron chi connectivity index (χ0n) is 8.62. The Hall–Kier alpha value is -1.52. The molecule has 18 heavy (non-hydrogen) atoms. The predicted octanol–water partition coefficient (Wildman–Crippen LogP) is 2.38. The van der Waals surface area contributed by atoms with E-state index in [0.29, 0.717) is 0 Å². The highest BCUT2D eigenvalue weighted by Gasteiger charge is 2.38. The molecule has 1 aromatic carbocycles. The van der Waals surface area contributed by atoms with Crippen molar-refractivity contribution in [3.8, 4) is 0 Å². The Bertz CT molecular complexity index is 568. The number of carbonyl (C=O) groups is 1. The van der Waals surface area contributed by atoms with Gasteiger partial charge in [-0.25, -0.2) is 4.79 Å². The molecule has 1 heterocycles. The number of aromatic nitrogens is 2. The van der Waals surface area contributed by atoms with E-state index in [0.717, 1.165) is 20.3 Å². The number of aliphatic carboxylic acids is 1. The molecule has 0 unspecified atom stereocenters. The van der Waals surface area contributed by atoms with Crippen molar-refractivity contribution in [1.29, 1.82) is 0 Å². The molecule has 98 valence electrons. The van der Waals surface area contributed by atoms with Crippen LogP contribution in [0.25, 0.3) is 10.9 Å². The van der Waals surface area contributed by atoms with Gasteiger partial charge in [0.25, 0.3) is 0 Å². The Labute approximate surface area is 112 Å². The lowest BCUT2D eigenvalue weighted by atomic mass is 10.2. The monoisotopic (exact) mass is 373 g/mol. The van der Waals surface area contributed by atoms with Crippen LogP contribution in [0.15, 0.2) is 18.2 Å². The van der Waals surface area contributed by atoms with Gasteiger partial charge >= 0.3 is 12.1 Å². The van der Waals surface area contributed by atoms with E-state index in [1.165, 1.54) is 0 Å². The highest BCUT2D eigenvalue weighted by Crippen LogP contribution is 2.19. The topological polar surface area (TPSA) is 92.0 Å². The van der Waals surface area contributed by atoms with Crippen LogP contribution in [0.4, 0.5) is 18.9 Å². The normalized spacial score (nSPS) is 10.9. The number of carboxylic acid groups (broad SMARTS) is 1. The number of H-pyrrole nitrogens is 1. The van der Waals surface area contributed by atoms with Gasteiger partial charge in [-0.15, -0.1) is 0 Å². The quantitative estimate of drug-likeness (QED) is 0.489. The van der Waals surface area contributed by atoms with E-state index in [-0.39, 0.29) is 0 Å². The second-order valence-corrected chi connectivity index (χ2v) is 4.20. The molecule has 2 rings (SSSR count). The fourth-order valence-electron chi connectivity index (χ4n) is 0.996. The van der Waals surface area contributed by atoms with Gasteiger partial charge in [-0.1, -0.05) is 0 Å². The van der Waals surface area contributed by atoms with Crippen molar-refractivity contribution >= 4 is 45.2 Å². The number of fused-ring (bicyclic) bond motifs is 1. The Morgan fingerprint density at radius 1 is 1.44 bits per heavy atom. The zero-order valence-corrected chi connectivity index (χ0v) is 10.8. The lowest BCUT2D eigenvalue weighted by Gasteiger charge is -1.93. The third-order valence-electron chi connectivity index (χ3n) is 1.77. The standard InChI is InChI=1S/C7H6IN3.C2HF3O2/c8-7-5-3-4(9)1-2-6(5)10-11-7;3-2(4,5)1(6)7/h1-3H,9H2,(H,10,11);(H,6,7). The predicted molar refractivity (Wildman–Crippen MR) is 66.9 cm³/mol. The highest BCUT2D eigenvalue weighted by atomic mass is 127. The second-order valence-electron chi connectivity index (χ2n) is 3.12. The van der Waals surface area contributed by atoms with Crippen molar-refractivity contribution in [1.82, 2.24) is 10.2 Å². The molecular formula is C9H7F3IN3O2. The van der Waals surface area contributed by atoms with Crippen molar-refractivity contribution in [2.24, 2.45) is 0 Å². The number of hydrogen-bond donors (Lipinski definition) is 3. The molecule has 0 radical (unpaired) electrons. The zero-order chi connectivity index (χ0) is 13.9. The maximum atomic E-state index is 10.6. The average molecular weight is 373 g/mol. The summed E-state index contributed by atoms with van der Waals surface area (Å²) in [6.07, 6.45) is -5.08. The van der Waals surface area contributed by atoms with E-state index in [9.17, 15) is 13.2 Å². The number of hydrogen-bond acceptors (Lipinski definition) is 3. The van der Waals surface area contributed by atoms with E-state index in [1.807, 2.05) is 18.2 Å². The number of alkyl halides is 3. The third-order valence-corrected chi connectivity index (χ3v) is 2.60. The van der Waals surface area contributed by atoms with E-state index in [2.05, 4.69) is 32.8 Å². The van der Waals surface area contributed by atoms with Crippen molar-refractivity contribution in [2.75, 3.05) is 5.73 Å². The van der Waals surface area contributed by atoms with Crippen LogP contribution in [-0.4, -0.2) is 27.4 Å². The Morgan fingerprint density at radius 3 is 2.50 bits per heavy atom. The lowest BCUT2D eigenvalue weighted by Crippen LogP contribution is -2.21. The van der Waals surface area contributed by atoms with Gasteiger partial charge in [0.15, 0.2) is 0 Å². The van der Waals surface area contributed by atoms with Gasteiger partial charge in [-0.2, -0.15) is 18.3 Å². The fourth-order valence-corrected chi connectivity index (χ4v) is 1.55. The molecule has 4 N–H and O–H groups in total. The molecule has 0 saturated carbocycles. The van der Waals surface area contributed by atoms with Crippen LogP contribution < -0.4 is 5.73 Å². The van der Waals surface area contributed by atoms with Crippen molar-refractivity contribution in [2.45, 2.75) is 6.18 Å². The first-order chi connectivity index (χ1) is 8.21.